The first kappa shape index (κ1) is 14.2. The lowest BCUT2D eigenvalue weighted by atomic mass is 10.3. The minimum atomic E-state index is -0.508. The minimum absolute atomic E-state index is 0.178. The summed E-state index contributed by atoms with van der Waals surface area (Å²) in [7, 11) is 0. The molecular weight excluding hydrogens is 259 g/mol. The van der Waals surface area contributed by atoms with Gasteiger partial charge in [-0.25, -0.2) is 9.07 Å². The maximum Gasteiger partial charge on any atom is 0.236 e. The zero-order chi connectivity index (χ0) is 14.5. The Morgan fingerprint density at radius 2 is 2.10 bits per heavy atom. The molecule has 0 saturated carbocycles. The van der Waals surface area contributed by atoms with Gasteiger partial charge in [0.25, 0.3) is 0 Å². The second-order valence-corrected chi connectivity index (χ2v) is 4.56. The van der Waals surface area contributed by atoms with Gasteiger partial charge in [-0.2, -0.15) is 5.10 Å². The van der Waals surface area contributed by atoms with Gasteiger partial charge >= 0.3 is 0 Å². The number of amides is 1. The van der Waals surface area contributed by atoms with Gasteiger partial charge in [0.05, 0.1) is 17.4 Å². The predicted molar refractivity (Wildman–Crippen MR) is 73.9 cm³/mol. The lowest BCUT2D eigenvalue weighted by Crippen LogP contribution is -2.39. The summed E-state index contributed by atoms with van der Waals surface area (Å²) in [5, 5.41) is 7.09. The van der Waals surface area contributed by atoms with E-state index in [1.165, 1.54) is 12.1 Å². The van der Waals surface area contributed by atoms with Crippen LogP contribution in [0.3, 0.4) is 0 Å². The van der Waals surface area contributed by atoms with Gasteiger partial charge in [-0.15, -0.1) is 0 Å². The van der Waals surface area contributed by atoms with E-state index in [4.69, 9.17) is 5.73 Å². The van der Waals surface area contributed by atoms with E-state index in [9.17, 15) is 9.18 Å². The van der Waals surface area contributed by atoms with Crippen molar-refractivity contribution in [1.82, 2.24) is 15.1 Å². The third-order valence-electron chi connectivity index (χ3n) is 2.83. The molecule has 0 aliphatic carbocycles. The first-order chi connectivity index (χ1) is 9.56. The molecule has 0 fully saturated rings. The summed E-state index contributed by atoms with van der Waals surface area (Å²) >= 11 is 0. The van der Waals surface area contributed by atoms with Crippen LogP contribution in [0.1, 0.15) is 12.6 Å². The lowest BCUT2D eigenvalue weighted by Gasteiger charge is -2.06. The normalized spacial score (nSPS) is 12.2. The quantitative estimate of drug-likeness (QED) is 0.856. The van der Waals surface area contributed by atoms with Crippen LogP contribution in [0.4, 0.5) is 4.39 Å². The van der Waals surface area contributed by atoms with Crippen molar-refractivity contribution >= 4 is 5.91 Å². The average Bonchev–Trinajstić information content (AvgIpc) is 2.88. The first-order valence-electron chi connectivity index (χ1n) is 6.40. The maximum absolute atomic E-state index is 12.8. The first-order valence-corrected chi connectivity index (χ1v) is 6.40. The Hall–Kier alpha value is -2.21. The van der Waals surface area contributed by atoms with Gasteiger partial charge in [-0.3, -0.25) is 4.79 Å². The van der Waals surface area contributed by atoms with E-state index in [-0.39, 0.29) is 11.7 Å². The SMILES string of the molecule is C[C@H](N)C(=O)NCCc1ccn(-c2ccc(F)cc2)n1. The molecule has 1 aromatic carbocycles. The molecule has 6 heteroatoms. The molecule has 1 amide bonds. The summed E-state index contributed by atoms with van der Waals surface area (Å²) in [5.41, 5.74) is 7.08. The zero-order valence-electron chi connectivity index (χ0n) is 11.2. The molecule has 2 aromatic rings. The standard InChI is InChI=1S/C14H17FN4O/c1-10(16)14(20)17-8-6-12-7-9-19(18-12)13-4-2-11(15)3-5-13/h2-5,7,9-10H,6,8,16H2,1H3,(H,17,20)/t10-/m0/s1. The Labute approximate surface area is 116 Å². The van der Waals surface area contributed by atoms with Crippen LogP contribution in [-0.4, -0.2) is 28.3 Å². The smallest absolute Gasteiger partial charge is 0.236 e. The van der Waals surface area contributed by atoms with E-state index in [0.717, 1.165) is 11.4 Å². The van der Waals surface area contributed by atoms with E-state index < -0.39 is 6.04 Å². The van der Waals surface area contributed by atoms with Crippen LogP contribution in [0.15, 0.2) is 36.5 Å². The molecule has 2 rings (SSSR count). The van der Waals surface area contributed by atoms with Gasteiger partial charge < -0.3 is 11.1 Å². The highest BCUT2D eigenvalue weighted by atomic mass is 19.1. The van der Waals surface area contributed by atoms with Crippen molar-refractivity contribution in [2.45, 2.75) is 19.4 Å². The van der Waals surface area contributed by atoms with Gasteiger partial charge in [0.1, 0.15) is 5.82 Å². The summed E-state index contributed by atoms with van der Waals surface area (Å²) in [5.74, 6) is -0.456. The Balaban J connectivity index is 1.92. The largest absolute Gasteiger partial charge is 0.354 e. The molecule has 3 N–H and O–H groups in total. The van der Waals surface area contributed by atoms with Crippen LogP contribution in [-0.2, 0) is 11.2 Å². The Bertz CT molecular complexity index is 577. The highest BCUT2D eigenvalue weighted by Gasteiger charge is 2.07. The van der Waals surface area contributed by atoms with Crippen molar-refractivity contribution in [3.05, 3.63) is 48.0 Å². The van der Waals surface area contributed by atoms with Crippen molar-refractivity contribution in [2.24, 2.45) is 5.73 Å². The van der Waals surface area contributed by atoms with Crippen molar-refractivity contribution in [3.63, 3.8) is 0 Å². The van der Waals surface area contributed by atoms with Gasteiger partial charge in [-0.1, -0.05) is 0 Å². The van der Waals surface area contributed by atoms with Crippen molar-refractivity contribution in [1.29, 1.82) is 0 Å². The number of nitrogens with two attached hydrogens (primary N) is 1. The molecule has 106 valence electrons. The van der Waals surface area contributed by atoms with Crippen LogP contribution in [0.2, 0.25) is 0 Å². The van der Waals surface area contributed by atoms with Crippen molar-refractivity contribution < 1.29 is 9.18 Å². The highest BCUT2D eigenvalue weighted by molar-refractivity contribution is 5.80. The van der Waals surface area contributed by atoms with Crippen molar-refractivity contribution in [3.8, 4) is 5.69 Å². The lowest BCUT2D eigenvalue weighted by molar-refractivity contribution is -0.121. The molecular formula is C14H17FN4O. The molecule has 0 aliphatic rings. The summed E-state index contributed by atoms with van der Waals surface area (Å²) < 4.78 is 14.5. The van der Waals surface area contributed by atoms with Crippen molar-refractivity contribution in [2.75, 3.05) is 6.54 Å². The van der Waals surface area contributed by atoms with E-state index in [0.29, 0.717) is 13.0 Å². The number of nitrogens with one attached hydrogen (secondary N) is 1. The van der Waals surface area contributed by atoms with E-state index >= 15 is 0 Å². The molecule has 5 nitrogen and oxygen atoms in total. The number of rotatable bonds is 5. The molecule has 20 heavy (non-hydrogen) atoms. The third-order valence-corrected chi connectivity index (χ3v) is 2.83. The number of halogens is 1. The van der Waals surface area contributed by atoms with Gasteiger partial charge in [-0.05, 0) is 37.3 Å². The predicted octanol–water partition coefficient (Wildman–Crippen LogP) is 1.02. The molecule has 1 atom stereocenters. The highest BCUT2D eigenvalue weighted by Crippen LogP contribution is 2.09. The number of aromatic nitrogens is 2. The summed E-state index contributed by atoms with van der Waals surface area (Å²) in [6.07, 6.45) is 2.42. The number of carbonyl (C=O) groups excluding carboxylic acids is 1. The van der Waals surface area contributed by atoms with Crippen LogP contribution in [0.5, 0.6) is 0 Å². The van der Waals surface area contributed by atoms with Gasteiger partial charge in [0.15, 0.2) is 0 Å². The Kier molecular flexibility index (Phi) is 4.47. The molecule has 1 aromatic heterocycles. The second kappa shape index (κ2) is 6.29. The maximum atomic E-state index is 12.8. The van der Waals surface area contributed by atoms with Crippen LogP contribution >= 0.6 is 0 Å². The molecule has 0 bridgehead atoms. The summed E-state index contributed by atoms with van der Waals surface area (Å²) in [4.78, 5) is 11.3. The van der Waals surface area contributed by atoms with Crippen LogP contribution in [0.25, 0.3) is 5.69 Å². The number of hydrogen-bond acceptors (Lipinski definition) is 3. The molecule has 0 unspecified atom stereocenters. The summed E-state index contributed by atoms with van der Waals surface area (Å²) in [6, 6.07) is 7.45. The number of nitrogens with zero attached hydrogens (tertiary/aromatic N) is 2. The third kappa shape index (κ3) is 3.64. The molecule has 1 heterocycles. The van der Waals surface area contributed by atoms with Gasteiger partial charge in [0.2, 0.25) is 5.91 Å². The Morgan fingerprint density at radius 1 is 1.40 bits per heavy atom. The zero-order valence-corrected chi connectivity index (χ0v) is 11.2. The number of hydrogen-bond donors (Lipinski definition) is 2. The second-order valence-electron chi connectivity index (χ2n) is 4.56. The molecule has 0 aliphatic heterocycles. The van der Waals surface area contributed by atoms with Crippen LogP contribution in [0, 0.1) is 5.82 Å². The molecule has 0 spiro atoms. The number of benzene rings is 1. The average molecular weight is 276 g/mol. The molecule has 0 radical (unpaired) electrons. The van der Waals surface area contributed by atoms with E-state index in [1.807, 2.05) is 6.07 Å². The van der Waals surface area contributed by atoms with Gasteiger partial charge in [0, 0.05) is 19.2 Å². The fraction of sp³-hybridized carbons (Fsp3) is 0.286. The monoisotopic (exact) mass is 276 g/mol. The van der Waals surface area contributed by atoms with E-state index in [1.54, 1.807) is 29.9 Å². The van der Waals surface area contributed by atoms with Crippen LogP contribution < -0.4 is 11.1 Å². The van der Waals surface area contributed by atoms with E-state index in [2.05, 4.69) is 10.4 Å². The minimum Gasteiger partial charge on any atom is -0.354 e. The fourth-order valence-corrected chi connectivity index (χ4v) is 1.71. The summed E-state index contributed by atoms with van der Waals surface area (Å²) in [6.45, 7) is 2.12. The topological polar surface area (TPSA) is 72.9 Å². The Morgan fingerprint density at radius 3 is 2.75 bits per heavy atom. The molecule has 0 saturated heterocycles. The fourth-order valence-electron chi connectivity index (χ4n) is 1.71. The number of carbonyl (C=O) groups is 1.